The molecule has 0 bridgehead atoms. The molecule has 0 unspecified atom stereocenters. The quantitative estimate of drug-likeness (QED) is 0.804. The first-order valence-electron chi connectivity index (χ1n) is 5.82. The van der Waals surface area contributed by atoms with Crippen molar-refractivity contribution in [1.82, 2.24) is 0 Å². The Hall–Kier alpha value is -0.990. The molecule has 0 radical (unpaired) electrons. The Balaban J connectivity index is 2.14. The van der Waals surface area contributed by atoms with Crippen LogP contribution in [-0.2, 0) is 6.54 Å². The van der Waals surface area contributed by atoms with Crippen LogP contribution in [0, 0.1) is 13.8 Å². The summed E-state index contributed by atoms with van der Waals surface area (Å²) in [5.74, 6) is 0. The molecule has 1 N–H and O–H groups in total. The van der Waals surface area contributed by atoms with E-state index in [1.807, 2.05) is 19.1 Å². The predicted octanol–water partition coefficient (Wildman–Crippen LogP) is 5.33. The van der Waals surface area contributed by atoms with E-state index >= 15 is 0 Å². The van der Waals surface area contributed by atoms with E-state index in [4.69, 9.17) is 11.6 Å². The fraction of sp³-hybridized carbons (Fsp3) is 0.200. The van der Waals surface area contributed by atoms with E-state index in [1.54, 1.807) is 0 Å². The van der Waals surface area contributed by atoms with E-state index in [2.05, 4.69) is 52.4 Å². The van der Waals surface area contributed by atoms with Crippen LogP contribution >= 0.6 is 27.5 Å². The first kappa shape index (κ1) is 13.4. The first-order chi connectivity index (χ1) is 8.58. The summed E-state index contributed by atoms with van der Waals surface area (Å²) in [7, 11) is 0. The molecule has 0 amide bonds. The second-order valence-electron chi connectivity index (χ2n) is 4.38. The molecule has 0 aromatic heterocycles. The summed E-state index contributed by atoms with van der Waals surface area (Å²) in [5, 5.41) is 4.21. The molecule has 2 aromatic rings. The van der Waals surface area contributed by atoms with Gasteiger partial charge in [0.25, 0.3) is 0 Å². The molecule has 0 fully saturated rings. The summed E-state index contributed by atoms with van der Waals surface area (Å²) < 4.78 is 1.10. The van der Waals surface area contributed by atoms with Crippen LogP contribution in [0.2, 0.25) is 5.02 Å². The van der Waals surface area contributed by atoms with Crippen LogP contribution in [0.15, 0.2) is 40.9 Å². The molecular weight excluding hydrogens is 310 g/mol. The van der Waals surface area contributed by atoms with Gasteiger partial charge in [0, 0.05) is 21.7 Å². The molecule has 1 nitrogen and oxygen atoms in total. The van der Waals surface area contributed by atoms with Crippen molar-refractivity contribution in [1.29, 1.82) is 0 Å². The molecule has 0 heterocycles. The van der Waals surface area contributed by atoms with E-state index in [0.29, 0.717) is 0 Å². The maximum absolute atomic E-state index is 6.22. The first-order valence-corrected chi connectivity index (χ1v) is 6.99. The third-order valence-electron chi connectivity index (χ3n) is 2.87. The second kappa shape index (κ2) is 5.77. The van der Waals surface area contributed by atoms with Gasteiger partial charge in [0.05, 0.1) is 0 Å². The molecule has 0 spiro atoms. The lowest BCUT2D eigenvalue weighted by Crippen LogP contribution is -2.01. The second-order valence-corrected chi connectivity index (χ2v) is 5.59. The van der Waals surface area contributed by atoms with Gasteiger partial charge in [-0.3, -0.25) is 0 Å². The monoisotopic (exact) mass is 323 g/mol. The molecule has 3 heteroatoms. The lowest BCUT2D eigenvalue weighted by molar-refractivity contribution is 1.14. The van der Waals surface area contributed by atoms with Gasteiger partial charge >= 0.3 is 0 Å². The van der Waals surface area contributed by atoms with Crippen LogP contribution in [-0.4, -0.2) is 0 Å². The molecule has 0 aliphatic carbocycles. The van der Waals surface area contributed by atoms with E-state index in [1.165, 1.54) is 11.1 Å². The Bertz CT molecular complexity index is 566. The van der Waals surface area contributed by atoms with Crippen molar-refractivity contribution in [2.75, 3.05) is 5.32 Å². The summed E-state index contributed by atoms with van der Waals surface area (Å²) in [4.78, 5) is 0. The summed E-state index contributed by atoms with van der Waals surface area (Å²) >= 11 is 9.80. The number of rotatable bonds is 3. The van der Waals surface area contributed by atoms with Crippen molar-refractivity contribution in [3.05, 3.63) is 62.6 Å². The summed E-state index contributed by atoms with van der Waals surface area (Å²) in [6.45, 7) is 4.84. The molecule has 0 aliphatic heterocycles. The zero-order valence-electron chi connectivity index (χ0n) is 10.4. The van der Waals surface area contributed by atoms with E-state index < -0.39 is 0 Å². The number of benzene rings is 2. The van der Waals surface area contributed by atoms with Crippen molar-refractivity contribution in [3.8, 4) is 0 Å². The minimum absolute atomic E-state index is 0.723. The van der Waals surface area contributed by atoms with Crippen molar-refractivity contribution >= 4 is 33.2 Å². The highest BCUT2D eigenvalue weighted by Gasteiger charge is 2.04. The molecule has 2 aromatic carbocycles. The van der Waals surface area contributed by atoms with Gasteiger partial charge in [-0.2, -0.15) is 0 Å². The van der Waals surface area contributed by atoms with Gasteiger partial charge in [0.2, 0.25) is 0 Å². The summed E-state index contributed by atoms with van der Waals surface area (Å²) in [5.41, 5.74) is 4.60. The standard InChI is InChI=1S/C15H15BrClN/c1-10-6-7-12(13(17)8-10)9-18-14-5-3-4-11(2)15(14)16/h3-8,18H,9H2,1-2H3. The number of hydrogen-bond acceptors (Lipinski definition) is 1. The third kappa shape index (κ3) is 3.06. The predicted molar refractivity (Wildman–Crippen MR) is 82.4 cm³/mol. The summed E-state index contributed by atoms with van der Waals surface area (Å²) in [6.07, 6.45) is 0. The Morgan fingerprint density at radius 1 is 1.17 bits per heavy atom. The van der Waals surface area contributed by atoms with Gasteiger partial charge in [0.15, 0.2) is 0 Å². The van der Waals surface area contributed by atoms with Crippen LogP contribution in [0.25, 0.3) is 0 Å². The molecule has 0 saturated carbocycles. The fourth-order valence-corrected chi connectivity index (χ4v) is 2.48. The molecular formula is C15H15BrClN. The minimum atomic E-state index is 0.723. The zero-order valence-corrected chi connectivity index (χ0v) is 12.8. The smallest absolute Gasteiger partial charge is 0.0490 e. The molecule has 0 aliphatic rings. The van der Waals surface area contributed by atoms with Gasteiger partial charge in [-0.25, -0.2) is 0 Å². The normalized spacial score (nSPS) is 10.4. The Kier molecular flexibility index (Phi) is 4.31. The van der Waals surface area contributed by atoms with Crippen LogP contribution < -0.4 is 5.32 Å². The highest BCUT2D eigenvalue weighted by atomic mass is 79.9. The van der Waals surface area contributed by atoms with Crippen molar-refractivity contribution in [3.63, 3.8) is 0 Å². The van der Waals surface area contributed by atoms with Gasteiger partial charge in [-0.05, 0) is 58.6 Å². The highest BCUT2D eigenvalue weighted by Crippen LogP contribution is 2.27. The van der Waals surface area contributed by atoms with Gasteiger partial charge < -0.3 is 5.32 Å². The van der Waals surface area contributed by atoms with Crippen molar-refractivity contribution < 1.29 is 0 Å². The maximum Gasteiger partial charge on any atom is 0.0490 e. The molecule has 0 saturated heterocycles. The molecule has 18 heavy (non-hydrogen) atoms. The topological polar surface area (TPSA) is 12.0 Å². The number of hydrogen-bond donors (Lipinski definition) is 1. The van der Waals surface area contributed by atoms with E-state index in [0.717, 1.165) is 27.3 Å². The number of anilines is 1. The largest absolute Gasteiger partial charge is 0.380 e. The zero-order chi connectivity index (χ0) is 13.1. The van der Waals surface area contributed by atoms with Gasteiger partial charge in [-0.15, -0.1) is 0 Å². The maximum atomic E-state index is 6.22. The van der Waals surface area contributed by atoms with Crippen LogP contribution in [0.5, 0.6) is 0 Å². The lowest BCUT2D eigenvalue weighted by atomic mass is 10.1. The lowest BCUT2D eigenvalue weighted by Gasteiger charge is -2.11. The van der Waals surface area contributed by atoms with Crippen LogP contribution in [0.3, 0.4) is 0 Å². The SMILES string of the molecule is Cc1ccc(CNc2cccc(C)c2Br)c(Cl)c1. The fourth-order valence-electron chi connectivity index (χ4n) is 1.77. The van der Waals surface area contributed by atoms with Crippen LogP contribution in [0.1, 0.15) is 16.7 Å². The van der Waals surface area contributed by atoms with Gasteiger partial charge in [0.1, 0.15) is 0 Å². The number of aryl methyl sites for hydroxylation is 2. The van der Waals surface area contributed by atoms with E-state index in [9.17, 15) is 0 Å². The van der Waals surface area contributed by atoms with Gasteiger partial charge in [-0.1, -0.05) is 35.9 Å². The number of nitrogens with one attached hydrogen (secondary N) is 1. The molecule has 94 valence electrons. The number of halogens is 2. The highest BCUT2D eigenvalue weighted by molar-refractivity contribution is 9.10. The Morgan fingerprint density at radius 2 is 1.94 bits per heavy atom. The summed E-state index contributed by atoms with van der Waals surface area (Å²) in [6, 6.07) is 12.3. The van der Waals surface area contributed by atoms with Crippen molar-refractivity contribution in [2.45, 2.75) is 20.4 Å². The third-order valence-corrected chi connectivity index (χ3v) is 4.27. The van der Waals surface area contributed by atoms with Crippen LogP contribution in [0.4, 0.5) is 5.69 Å². The minimum Gasteiger partial charge on any atom is -0.380 e. The molecule has 2 rings (SSSR count). The van der Waals surface area contributed by atoms with E-state index in [-0.39, 0.29) is 0 Å². The van der Waals surface area contributed by atoms with Crippen molar-refractivity contribution in [2.24, 2.45) is 0 Å². The Labute approximate surface area is 121 Å². The molecule has 0 atom stereocenters. The Morgan fingerprint density at radius 3 is 2.67 bits per heavy atom. The average Bonchev–Trinajstić information content (AvgIpc) is 2.33. The average molecular weight is 325 g/mol.